The maximum atomic E-state index is 12.2. The van der Waals surface area contributed by atoms with Gasteiger partial charge in [0.15, 0.2) is 4.67 Å². The molecule has 0 aliphatic heterocycles. The van der Waals surface area contributed by atoms with E-state index < -0.39 is 21.8 Å². The van der Waals surface area contributed by atoms with Crippen LogP contribution in [-0.2, 0) is 10.0 Å². The summed E-state index contributed by atoms with van der Waals surface area (Å²) < 4.78 is 32.0. The number of nitrogens with zero attached hydrogens (tertiary/aromatic N) is 1. The van der Waals surface area contributed by atoms with Gasteiger partial charge in [0.2, 0.25) is 5.76 Å². The maximum Gasteiger partial charge on any atom is 0.371 e. The fraction of sp³-hybridized carbons (Fsp3) is 0.0909. The minimum Gasteiger partial charge on any atom is -0.475 e. The van der Waals surface area contributed by atoms with Crippen molar-refractivity contribution in [3.05, 3.63) is 38.8 Å². The van der Waals surface area contributed by atoms with Crippen LogP contribution >= 0.6 is 31.9 Å². The Morgan fingerprint density at radius 1 is 1.38 bits per heavy atom. The van der Waals surface area contributed by atoms with Gasteiger partial charge in [-0.15, -0.1) is 0 Å². The highest BCUT2D eigenvalue weighted by Crippen LogP contribution is 2.28. The second-order valence-corrected chi connectivity index (χ2v) is 7.15. The number of carbonyl (C=O) groups is 1. The number of carboxylic acid groups (broad SMARTS) is 1. The first-order valence-corrected chi connectivity index (χ1v) is 8.46. The largest absolute Gasteiger partial charge is 0.475 e. The number of rotatable bonds is 4. The molecule has 0 radical (unpaired) electrons. The van der Waals surface area contributed by atoms with Crippen molar-refractivity contribution in [3.8, 4) is 0 Å². The third-order valence-corrected chi connectivity index (χ3v) is 5.47. The molecule has 0 aliphatic carbocycles. The van der Waals surface area contributed by atoms with Gasteiger partial charge in [-0.25, -0.2) is 18.2 Å². The molecule has 2 heterocycles. The number of hydrogen-bond acceptors (Lipinski definition) is 5. The number of pyridine rings is 1. The Labute approximate surface area is 136 Å². The predicted molar refractivity (Wildman–Crippen MR) is 80.8 cm³/mol. The molecule has 0 unspecified atom stereocenters. The second-order valence-electron chi connectivity index (χ2n) is 3.92. The van der Waals surface area contributed by atoms with Crippen LogP contribution in [0.15, 0.2) is 36.7 Å². The quantitative estimate of drug-likeness (QED) is 0.757. The Kier molecular flexibility index (Phi) is 4.40. The van der Waals surface area contributed by atoms with Crippen molar-refractivity contribution < 1.29 is 22.7 Å². The highest BCUT2D eigenvalue weighted by molar-refractivity contribution is 9.10. The SMILES string of the molecule is Cc1nc(NS(=O)(=O)c2cc(C(=O)O)oc2Br)ccc1Br. The van der Waals surface area contributed by atoms with E-state index in [1.54, 1.807) is 13.0 Å². The van der Waals surface area contributed by atoms with Crippen LogP contribution in [0.25, 0.3) is 0 Å². The molecule has 2 rings (SSSR count). The van der Waals surface area contributed by atoms with Crippen LogP contribution < -0.4 is 4.72 Å². The van der Waals surface area contributed by atoms with Crippen molar-refractivity contribution in [1.82, 2.24) is 4.98 Å². The molecular weight excluding hydrogens is 432 g/mol. The van der Waals surface area contributed by atoms with Crippen molar-refractivity contribution >= 4 is 53.7 Å². The average Bonchev–Trinajstić information content (AvgIpc) is 2.77. The summed E-state index contributed by atoms with van der Waals surface area (Å²) in [6.07, 6.45) is 0. The van der Waals surface area contributed by atoms with Crippen LogP contribution in [0, 0.1) is 6.92 Å². The summed E-state index contributed by atoms with van der Waals surface area (Å²) in [5.41, 5.74) is 0.604. The fourth-order valence-electron chi connectivity index (χ4n) is 1.43. The molecule has 0 aliphatic rings. The molecule has 7 nitrogen and oxygen atoms in total. The first-order valence-electron chi connectivity index (χ1n) is 5.39. The summed E-state index contributed by atoms with van der Waals surface area (Å²) in [6.45, 7) is 1.71. The number of hydrogen-bond donors (Lipinski definition) is 2. The zero-order valence-electron chi connectivity index (χ0n) is 10.4. The van der Waals surface area contributed by atoms with E-state index in [0.29, 0.717) is 5.69 Å². The predicted octanol–water partition coefficient (Wildman–Crippen LogP) is 3.01. The number of sulfonamides is 1. The summed E-state index contributed by atoms with van der Waals surface area (Å²) in [7, 11) is -4.02. The fourth-order valence-corrected chi connectivity index (χ4v) is 3.60. The molecule has 0 amide bonds. The van der Waals surface area contributed by atoms with Crippen molar-refractivity contribution in [3.63, 3.8) is 0 Å². The lowest BCUT2D eigenvalue weighted by Crippen LogP contribution is -2.14. The number of aromatic nitrogens is 1. The van der Waals surface area contributed by atoms with Crippen molar-refractivity contribution in [2.45, 2.75) is 11.8 Å². The number of halogens is 2. The van der Waals surface area contributed by atoms with E-state index in [1.165, 1.54) is 6.07 Å². The topological polar surface area (TPSA) is 110 Å². The minimum atomic E-state index is -4.02. The lowest BCUT2D eigenvalue weighted by Gasteiger charge is -2.07. The van der Waals surface area contributed by atoms with E-state index in [4.69, 9.17) is 9.52 Å². The van der Waals surface area contributed by atoms with E-state index in [9.17, 15) is 13.2 Å². The van der Waals surface area contributed by atoms with Crippen LogP contribution in [0.1, 0.15) is 16.2 Å². The normalized spacial score (nSPS) is 11.4. The van der Waals surface area contributed by atoms with Gasteiger partial charge in [0.05, 0.1) is 5.69 Å². The van der Waals surface area contributed by atoms with Gasteiger partial charge < -0.3 is 9.52 Å². The first kappa shape index (κ1) is 16.0. The van der Waals surface area contributed by atoms with E-state index in [1.807, 2.05) is 0 Å². The number of aromatic carboxylic acids is 1. The minimum absolute atomic E-state index is 0.112. The van der Waals surface area contributed by atoms with E-state index >= 15 is 0 Å². The third-order valence-electron chi connectivity index (χ3n) is 2.42. The smallest absolute Gasteiger partial charge is 0.371 e. The molecule has 0 saturated carbocycles. The van der Waals surface area contributed by atoms with Crippen molar-refractivity contribution in [2.75, 3.05) is 4.72 Å². The highest BCUT2D eigenvalue weighted by Gasteiger charge is 2.25. The molecule has 112 valence electrons. The van der Waals surface area contributed by atoms with Gasteiger partial charge in [-0.2, -0.15) is 0 Å². The van der Waals surface area contributed by atoms with E-state index in [-0.39, 0.29) is 15.4 Å². The number of carboxylic acids is 1. The zero-order valence-corrected chi connectivity index (χ0v) is 14.4. The molecule has 0 spiro atoms. The molecule has 0 saturated heterocycles. The van der Waals surface area contributed by atoms with Crippen LogP contribution in [0.2, 0.25) is 0 Å². The van der Waals surface area contributed by atoms with E-state index in [0.717, 1.165) is 10.5 Å². The zero-order chi connectivity index (χ0) is 15.8. The number of anilines is 1. The Bertz CT molecular complexity index is 816. The second kappa shape index (κ2) is 5.78. The van der Waals surface area contributed by atoms with Gasteiger partial charge >= 0.3 is 5.97 Å². The van der Waals surface area contributed by atoms with Gasteiger partial charge in [-0.05, 0) is 50.9 Å². The van der Waals surface area contributed by atoms with Crippen molar-refractivity contribution in [2.24, 2.45) is 0 Å². The number of furan rings is 1. The Morgan fingerprint density at radius 2 is 2.05 bits per heavy atom. The molecular formula is C11H8Br2N2O5S. The van der Waals surface area contributed by atoms with Crippen molar-refractivity contribution in [1.29, 1.82) is 0 Å². The van der Waals surface area contributed by atoms with Crippen LogP contribution in [0.4, 0.5) is 5.82 Å². The standard InChI is InChI=1S/C11H8Br2N2O5S/c1-5-6(12)2-3-9(14-5)15-21(18,19)8-4-7(11(16)17)20-10(8)13/h2-4H,1H3,(H,14,15)(H,16,17). The van der Waals surface area contributed by atoms with E-state index in [2.05, 4.69) is 41.6 Å². The summed E-state index contributed by atoms with van der Waals surface area (Å²) >= 11 is 6.14. The summed E-state index contributed by atoms with van der Waals surface area (Å²) in [4.78, 5) is 14.5. The number of nitrogens with one attached hydrogen (secondary N) is 1. The highest BCUT2D eigenvalue weighted by atomic mass is 79.9. The molecule has 0 atom stereocenters. The molecule has 10 heteroatoms. The molecule has 21 heavy (non-hydrogen) atoms. The average molecular weight is 440 g/mol. The molecule has 0 bridgehead atoms. The Morgan fingerprint density at radius 3 is 2.57 bits per heavy atom. The van der Waals surface area contributed by atoms with Gasteiger partial charge in [0, 0.05) is 10.5 Å². The third kappa shape index (κ3) is 3.44. The molecule has 0 fully saturated rings. The first-order chi connectivity index (χ1) is 9.70. The molecule has 2 N–H and O–H groups in total. The van der Waals surface area contributed by atoms with Gasteiger partial charge in [0.1, 0.15) is 10.7 Å². The monoisotopic (exact) mass is 438 g/mol. The van der Waals surface area contributed by atoms with Gasteiger partial charge in [-0.1, -0.05) is 0 Å². The van der Waals surface area contributed by atoms with Gasteiger partial charge in [0.25, 0.3) is 10.0 Å². The molecule has 2 aromatic heterocycles. The van der Waals surface area contributed by atoms with Crippen LogP contribution in [0.3, 0.4) is 0 Å². The lowest BCUT2D eigenvalue weighted by atomic mass is 10.4. The summed E-state index contributed by atoms with van der Waals surface area (Å²) in [5, 5.41) is 8.80. The van der Waals surface area contributed by atoms with Crippen LogP contribution in [-0.4, -0.2) is 24.5 Å². The summed E-state index contributed by atoms with van der Waals surface area (Å²) in [6, 6.07) is 4.04. The maximum absolute atomic E-state index is 12.2. The lowest BCUT2D eigenvalue weighted by molar-refractivity contribution is 0.0661. The van der Waals surface area contributed by atoms with Gasteiger partial charge in [-0.3, -0.25) is 4.72 Å². The molecule has 2 aromatic rings. The summed E-state index contributed by atoms with van der Waals surface area (Å²) in [5.74, 6) is -1.74. The number of aryl methyl sites for hydroxylation is 1. The Hall–Kier alpha value is -1.39. The Balaban J connectivity index is 2.38. The molecule has 0 aromatic carbocycles. The van der Waals surface area contributed by atoms with Crippen LogP contribution in [0.5, 0.6) is 0 Å².